The Labute approximate surface area is 94.9 Å². The fourth-order valence-electron chi connectivity index (χ4n) is 1.23. The summed E-state index contributed by atoms with van der Waals surface area (Å²) >= 11 is 0. The summed E-state index contributed by atoms with van der Waals surface area (Å²) in [5, 5.41) is 0. The molecule has 1 saturated heterocycles. The van der Waals surface area contributed by atoms with Crippen molar-refractivity contribution in [2.24, 2.45) is 5.73 Å². The molecule has 1 aliphatic rings. The van der Waals surface area contributed by atoms with Crippen LogP contribution < -0.4 is 5.73 Å². The molecule has 0 aromatic rings. The average Bonchev–Trinajstić information content (AvgIpc) is 2.21. The number of hydrogen-bond acceptors (Lipinski definition) is 3. The van der Waals surface area contributed by atoms with E-state index in [1.165, 1.54) is 12.8 Å². The molecule has 0 unspecified atom stereocenters. The molecule has 0 radical (unpaired) electrons. The van der Waals surface area contributed by atoms with Crippen molar-refractivity contribution in [2.45, 2.75) is 26.7 Å². The molecule has 0 atom stereocenters. The summed E-state index contributed by atoms with van der Waals surface area (Å²) in [6, 6.07) is 0. The molecule has 92 valence electrons. The first-order valence-corrected chi connectivity index (χ1v) is 5.79. The number of nitrogens with two attached hydrogens (primary N) is 1. The highest BCUT2D eigenvalue weighted by Crippen LogP contribution is 1.97. The molecular weight excluding hydrogens is 190 g/mol. The highest BCUT2D eigenvalue weighted by Gasteiger charge is 2.14. The second kappa shape index (κ2) is 8.68. The molecule has 1 heterocycles. The topological polar surface area (TPSA) is 49.6 Å². The standard InChI is InChI=1S/C7H15N3O.C4H10.H2/c1-9-2-4-10(5-3-9)6-7(8)11;1-3-4-2;/h2-6H2,1H3,(H2,8,11);3-4H2,1-2H3;1H. The van der Waals surface area contributed by atoms with E-state index >= 15 is 0 Å². The Balaban J connectivity index is 0. The highest BCUT2D eigenvalue weighted by atomic mass is 16.1. The molecular formula is C11H27N3O. The number of hydrogen-bond donors (Lipinski definition) is 1. The lowest BCUT2D eigenvalue weighted by Crippen LogP contribution is -2.47. The Morgan fingerprint density at radius 2 is 1.67 bits per heavy atom. The van der Waals surface area contributed by atoms with Crippen molar-refractivity contribution in [2.75, 3.05) is 39.8 Å². The van der Waals surface area contributed by atoms with E-state index < -0.39 is 0 Å². The van der Waals surface area contributed by atoms with Crippen LogP contribution in [0.5, 0.6) is 0 Å². The van der Waals surface area contributed by atoms with Gasteiger partial charge in [0.1, 0.15) is 0 Å². The number of amides is 1. The molecule has 2 N–H and O–H groups in total. The number of rotatable bonds is 3. The van der Waals surface area contributed by atoms with Crippen LogP contribution in [0.15, 0.2) is 0 Å². The van der Waals surface area contributed by atoms with Gasteiger partial charge in [-0.2, -0.15) is 0 Å². The van der Waals surface area contributed by atoms with Crippen molar-refractivity contribution in [1.82, 2.24) is 9.80 Å². The van der Waals surface area contributed by atoms with Gasteiger partial charge in [-0.1, -0.05) is 26.7 Å². The SMILES string of the molecule is CCCC.CN1CCN(CC(N)=O)CC1.[HH]. The van der Waals surface area contributed by atoms with Crippen LogP contribution in [0, 0.1) is 0 Å². The van der Waals surface area contributed by atoms with Gasteiger partial charge in [0.2, 0.25) is 5.91 Å². The second-order valence-electron chi connectivity index (χ2n) is 4.05. The quantitative estimate of drug-likeness (QED) is 0.760. The summed E-state index contributed by atoms with van der Waals surface area (Å²) in [7, 11) is 2.08. The first-order valence-electron chi connectivity index (χ1n) is 5.79. The summed E-state index contributed by atoms with van der Waals surface area (Å²) < 4.78 is 0. The Hall–Kier alpha value is -0.610. The Bertz CT molecular complexity index is 169. The number of likely N-dealkylation sites (N-methyl/N-ethyl adjacent to an activating group) is 1. The highest BCUT2D eigenvalue weighted by molar-refractivity contribution is 5.75. The van der Waals surface area contributed by atoms with Crippen LogP contribution in [0.4, 0.5) is 0 Å². The van der Waals surface area contributed by atoms with Gasteiger partial charge in [0.15, 0.2) is 0 Å². The fraction of sp³-hybridized carbons (Fsp3) is 0.909. The number of primary amides is 1. The van der Waals surface area contributed by atoms with E-state index in [1.807, 2.05) is 0 Å². The van der Waals surface area contributed by atoms with Crippen LogP contribution in [0.2, 0.25) is 0 Å². The molecule has 4 nitrogen and oxygen atoms in total. The van der Waals surface area contributed by atoms with Gasteiger partial charge < -0.3 is 10.6 Å². The predicted molar refractivity (Wildman–Crippen MR) is 65.8 cm³/mol. The maximum Gasteiger partial charge on any atom is 0.231 e. The Morgan fingerprint density at radius 1 is 1.20 bits per heavy atom. The normalized spacial score (nSPS) is 18.1. The van der Waals surface area contributed by atoms with Gasteiger partial charge in [0.05, 0.1) is 6.54 Å². The van der Waals surface area contributed by atoms with Gasteiger partial charge in [-0.25, -0.2) is 0 Å². The predicted octanol–water partition coefficient (Wildman–Crippen LogP) is 0.772. The molecule has 0 bridgehead atoms. The number of nitrogens with zero attached hydrogens (tertiary/aromatic N) is 2. The van der Waals surface area contributed by atoms with Crippen LogP contribution in [0.3, 0.4) is 0 Å². The average molecular weight is 217 g/mol. The van der Waals surface area contributed by atoms with Gasteiger partial charge >= 0.3 is 0 Å². The first-order chi connectivity index (χ1) is 7.10. The zero-order valence-electron chi connectivity index (χ0n) is 10.3. The zero-order chi connectivity index (χ0) is 11.7. The van der Waals surface area contributed by atoms with Crippen LogP contribution in [0.1, 0.15) is 28.1 Å². The Kier molecular flexibility index (Phi) is 8.33. The van der Waals surface area contributed by atoms with E-state index in [0.29, 0.717) is 6.54 Å². The summed E-state index contributed by atoms with van der Waals surface area (Å²) in [6.07, 6.45) is 2.64. The van der Waals surface area contributed by atoms with E-state index in [2.05, 4.69) is 30.7 Å². The monoisotopic (exact) mass is 217 g/mol. The maximum absolute atomic E-state index is 10.5. The summed E-state index contributed by atoms with van der Waals surface area (Å²) in [5.74, 6) is -0.227. The van der Waals surface area contributed by atoms with Crippen molar-refractivity contribution in [3.63, 3.8) is 0 Å². The molecule has 0 aromatic carbocycles. The molecule has 1 amide bonds. The molecule has 0 spiro atoms. The molecule has 0 saturated carbocycles. The van der Waals surface area contributed by atoms with Crippen molar-refractivity contribution < 1.29 is 6.22 Å². The van der Waals surface area contributed by atoms with Gasteiger partial charge in [0.25, 0.3) is 0 Å². The molecule has 1 aliphatic heterocycles. The van der Waals surface area contributed by atoms with Crippen LogP contribution >= 0.6 is 0 Å². The smallest absolute Gasteiger partial charge is 0.231 e. The maximum atomic E-state index is 10.5. The third-order valence-electron chi connectivity index (χ3n) is 2.48. The Morgan fingerprint density at radius 3 is 2.00 bits per heavy atom. The summed E-state index contributed by atoms with van der Waals surface area (Å²) in [5.41, 5.74) is 5.06. The minimum absolute atomic E-state index is 0. The van der Waals surface area contributed by atoms with Gasteiger partial charge in [0, 0.05) is 27.6 Å². The third kappa shape index (κ3) is 8.39. The van der Waals surface area contributed by atoms with Crippen LogP contribution in [-0.4, -0.2) is 55.5 Å². The lowest BCUT2D eigenvalue weighted by molar-refractivity contribution is -0.119. The van der Waals surface area contributed by atoms with Crippen molar-refractivity contribution >= 4 is 5.91 Å². The molecule has 0 aromatic heterocycles. The minimum atomic E-state index is -0.227. The minimum Gasteiger partial charge on any atom is -0.369 e. The van der Waals surface area contributed by atoms with Gasteiger partial charge in [-0.15, -0.1) is 0 Å². The lowest BCUT2D eigenvalue weighted by Gasteiger charge is -2.31. The summed E-state index contributed by atoms with van der Waals surface area (Å²) in [4.78, 5) is 14.8. The molecule has 15 heavy (non-hydrogen) atoms. The third-order valence-corrected chi connectivity index (χ3v) is 2.48. The number of carbonyl (C=O) groups is 1. The molecule has 1 rings (SSSR count). The van der Waals surface area contributed by atoms with Crippen LogP contribution in [0.25, 0.3) is 0 Å². The largest absolute Gasteiger partial charge is 0.369 e. The number of carbonyl (C=O) groups excluding carboxylic acids is 1. The van der Waals surface area contributed by atoms with E-state index in [-0.39, 0.29) is 7.33 Å². The van der Waals surface area contributed by atoms with E-state index in [0.717, 1.165) is 26.2 Å². The van der Waals surface area contributed by atoms with E-state index in [9.17, 15) is 4.79 Å². The number of piperazine rings is 1. The first kappa shape index (κ1) is 14.4. The van der Waals surface area contributed by atoms with Gasteiger partial charge in [-0.05, 0) is 7.05 Å². The van der Waals surface area contributed by atoms with Gasteiger partial charge in [-0.3, -0.25) is 9.69 Å². The molecule has 0 aliphatic carbocycles. The fourth-order valence-corrected chi connectivity index (χ4v) is 1.23. The van der Waals surface area contributed by atoms with Crippen LogP contribution in [-0.2, 0) is 4.79 Å². The van der Waals surface area contributed by atoms with E-state index in [1.54, 1.807) is 0 Å². The zero-order valence-corrected chi connectivity index (χ0v) is 10.3. The second-order valence-corrected chi connectivity index (χ2v) is 4.05. The molecule has 4 heteroatoms. The van der Waals surface area contributed by atoms with Crippen molar-refractivity contribution in [3.05, 3.63) is 0 Å². The van der Waals surface area contributed by atoms with Crippen molar-refractivity contribution in [3.8, 4) is 0 Å². The molecule has 1 fully saturated rings. The summed E-state index contributed by atoms with van der Waals surface area (Å²) in [6.45, 7) is 8.76. The number of unbranched alkanes of at least 4 members (excludes halogenated alkanes) is 1. The van der Waals surface area contributed by atoms with Crippen molar-refractivity contribution in [1.29, 1.82) is 0 Å². The lowest BCUT2D eigenvalue weighted by atomic mass is 10.3. The van der Waals surface area contributed by atoms with E-state index in [4.69, 9.17) is 5.73 Å².